The Hall–Kier alpha value is -3.67. The van der Waals surface area contributed by atoms with Gasteiger partial charge < -0.3 is 9.15 Å². The summed E-state index contributed by atoms with van der Waals surface area (Å²) in [6, 6.07) is 20.3. The first kappa shape index (κ1) is 22.1. The zero-order valence-corrected chi connectivity index (χ0v) is 20.7. The molecule has 6 nitrogen and oxygen atoms in total. The molecule has 0 unspecified atom stereocenters. The number of ether oxygens (including phenoxy) is 1. The van der Waals surface area contributed by atoms with E-state index in [1.807, 2.05) is 48.5 Å². The predicted molar refractivity (Wildman–Crippen MR) is 140 cm³/mol. The first-order chi connectivity index (χ1) is 16.5. The van der Waals surface area contributed by atoms with Gasteiger partial charge in [-0.15, -0.1) is 6.42 Å². The van der Waals surface area contributed by atoms with E-state index in [1.165, 1.54) is 4.68 Å². The van der Waals surface area contributed by atoms with E-state index >= 15 is 0 Å². The van der Waals surface area contributed by atoms with Crippen molar-refractivity contribution >= 4 is 59.9 Å². The number of rotatable bonds is 5. The van der Waals surface area contributed by atoms with Gasteiger partial charge in [0.25, 0.3) is 5.56 Å². The summed E-state index contributed by atoms with van der Waals surface area (Å²) in [5, 5.41) is 5.85. The fourth-order valence-electron chi connectivity index (χ4n) is 3.51. The van der Waals surface area contributed by atoms with E-state index in [1.54, 1.807) is 24.4 Å². The first-order valence-electron chi connectivity index (χ1n) is 10.2. The van der Waals surface area contributed by atoms with E-state index in [-0.39, 0.29) is 12.2 Å². The summed E-state index contributed by atoms with van der Waals surface area (Å²) in [6.45, 7) is 0.143. The molecule has 0 radical (unpaired) electrons. The van der Waals surface area contributed by atoms with Crippen LogP contribution in [-0.4, -0.2) is 22.5 Å². The summed E-state index contributed by atoms with van der Waals surface area (Å²) < 4.78 is 14.2. The maximum absolute atomic E-state index is 13.4. The second-order valence-corrected chi connectivity index (χ2v) is 8.98. The quantitative estimate of drug-likeness (QED) is 0.184. The van der Waals surface area contributed by atoms with Crippen LogP contribution in [0, 0.1) is 12.3 Å². The van der Waals surface area contributed by atoms with Crippen LogP contribution in [0.5, 0.6) is 5.75 Å². The number of hydrogen-bond donors (Lipinski definition) is 0. The topological polar surface area (TPSA) is 69.6 Å². The number of benzene rings is 3. The summed E-state index contributed by atoms with van der Waals surface area (Å²) in [5.41, 5.74) is 1.69. The van der Waals surface area contributed by atoms with Gasteiger partial charge in [-0.05, 0) is 73.8 Å². The van der Waals surface area contributed by atoms with Gasteiger partial charge in [0, 0.05) is 5.39 Å². The molecular formula is C26H15Br2N3O3. The summed E-state index contributed by atoms with van der Waals surface area (Å²) >= 11 is 6.98. The Morgan fingerprint density at radius 3 is 2.59 bits per heavy atom. The Bertz CT molecular complexity index is 1620. The third-order valence-electron chi connectivity index (χ3n) is 5.04. The third-order valence-corrected chi connectivity index (χ3v) is 6.22. The highest BCUT2D eigenvalue weighted by Gasteiger charge is 2.16. The van der Waals surface area contributed by atoms with E-state index in [4.69, 9.17) is 20.6 Å². The SMILES string of the molecule is C#CCOc1c(Br)cc(C=Nn2c(-c3cc4ccccc4o3)nc3ccccc3c2=O)cc1Br. The summed E-state index contributed by atoms with van der Waals surface area (Å²) in [5.74, 6) is 3.78. The maximum Gasteiger partial charge on any atom is 0.282 e. The molecule has 8 heteroatoms. The molecule has 0 amide bonds. The van der Waals surface area contributed by atoms with Crippen molar-refractivity contribution in [2.24, 2.45) is 5.10 Å². The molecular weight excluding hydrogens is 562 g/mol. The summed E-state index contributed by atoms with van der Waals surface area (Å²) in [4.78, 5) is 18.1. The van der Waals surface area contributed by atoms with Crippen LogP contribution in [-0.2, 0) is 0 Å². The molecule has 166 valence electrons. The molecule has 34 heavy (non-hydrogen) atoms. The van der Waals surface area contributed by atoms with Crippen molar-refractivity contribution in [1.82, 2.24) is 9.66 Å². The highest BCUT2D eigenvalue weighted by Crippen LogP contribution is 2.34. The van der Waals surface area contributed by atoms with Crippen LogP contribution >= 0.6 is 31.9 Å². The highest BCUT2D eigenvalue weighted by molar-refractivity contribution is 9.11. The fourth-order valence-corrected chi connectivity index (χ4v) is 4.96. The van der Waals surface area contributed by atoms with Gasteiger partial charge >= 0.3 is 0 Å². The number of halogens is 2. The molecule has 5 rings (SSSR count). The molecule has 0 aliphatic rings. The lowest BCUT2D eigenvalue weighted by Gasteiger charge is -2.09. The zero-order valence-electron chi connectivity index (χ0n) is 17.5. The van der Waals surface area contributed by atoms with Crippen molar-refractivity contribution in [3.8, 4) is 29.7 Å². The molecule has 0 spiro atoms. The molecule has 2 aromatic heterocycles. The molecule has 5 aromatic rings. The molecule has 0 N–H and O–H groups in total. The van der Waals surface area contributed by atoms with Gasteiger partial charge in [0.2, 0.25) is 5.82 Å². The Balaban J connectivity index is 1.65. The van der Waals surface area contributed by atoms with Crippen LogP contribution in [0.25, 0.3) is 33.5 Å². The third kappa shape index (κ3) is 4.16. The highest BCUT2D eigenvalue weighted by atomic mass is 79.9. The molecule has 0 aliphatic carbocycles. The summed E-state index contributed by atoms with van der Waals surface area (Å²) in [6.07, 6.45) is 6.86. The normalized spacial score (nSPS) is 11.3. The predicted octanol–water partition coefficient (Wildman–Crippen LogP) is 6.23. The zero-order chi connectivity index (χ0) is 23.7. The van der Waals surface area contributed by atoms with E-state index in [0.717, 1.165) is 10.9 Å². The molecule has 0 atom stereocenters. The van der Waals surface area contributed by atoms with Crippen LogP contribution in [0.15, 0.2) is 90.0 Å². The average molecular weight is 577 g/mol. The minimum atomic E-state index is -0.301. The van der Waals surface area contributed by atoms with Crippen LogP contribution in [0.2, 0.25) is 0 Å². The van der Waals surface area contributed by atoms with E-state index in [9.17, 15) is 4.79 Å². The standard InChI is InChI=1S/C26H15Br2N3O3/c1-2-11-33-24-19(27)12-16(13-20(24)28)15-29-31-25(23-14-17-7-3-6-10-22(17)34-23)30-21-9-5-4-8-18(21)26(31)32/h1,3-10,12-15H,11H2. The van der Waals surface area contributed by atoms with Crippen molar-refractivity contribution in [3.05, 3.63) is 91.6 Å². The lowest BCUT2D eigenvalue weighted by atomic mass is 10.2. The number of nitrogens with zero attached hydrogens (tertiary/aromatic N) is 3. The van der Waals surface area contributed by atoms with Gasteiger partial charge in [-0.25, -0.2) is 4.98 Å². The van der Waals surface area contributed by atoms with Gasteiger partial charge in [0.05, 0.1) is 26.1 Å². The van der Waals surface area contributed by atoms with Crippen molar-refractivity contribution in [3.63, 3.8) is 0 Å². The molecule has 3 aromatic carbocycles. The number of aromatic nitrogens is 2. The minimum Gasteiger partial charge on any atom is -0.479 e. The minimum absolute atomic E-state index is 0.143. The van der Waals surface area contributed by atoms with Crippen molar-refractivity contribution < 1.29 is 9.15 Å². The van der Waals surface area contributed by atoms with Crippen LogP contribution in [0.4, 0.5) is 0 Å². The fraction of sp³-hybridized carbons (Fsp3) is 0.0385. The van der Waals surface area contributed by atoms with Gasteiger partial charge in [0.15, 0.2) is 5.76 Å². The van der Waals surface area contributed by atoms with Crippen molar-refractivity contribution in [2.45, 2.75) is 0 Å². The number of furan rings is 1. The number of fused-ring (bicyclic) bond motifs is 2. The summed E-state index contributed by atoms with van der Waals surface area (Å²) in [7, 11) is 0. The van der Waals surface area contributed by atoms with Gasteiger partial charge in [0.1, 0.15) is 17.9 Å². The lowest BCUT2D eigenvalue weighted by Crippen LogP contribution is -2.20. The Labute approximate surface area is 211 Å². The van der Waals surface area contributed by atoms with Crippen LogP contribution < -0.4 is 10.3 Å². The molecule has 0 aliphatic heterocycles. The Kier molecular flexibility index (Phi) is 6.05. The molecule has 2 heterocycles. The van der Waals surface area contributed by atoms with Crippen molar-refractivity contribution in [2.75, 3.05) is 6.61 Å². The largest absolute Gasteiger partial charge is 0.479 e. The van der Waals surface area contributed by atoms with Gasteiger partial charge in [-0.1, -0.05) is 36.3 Å². The molecule has 0 bridgehead atoms. The smallest absolute Gasteiger partial charge is 0.282 e. The van der Waals surface area contributed by atoms with E-state index in [0.29, 0.717) is 42.8 Å². The van der Waals surface area contributed by atoms with Crippen LogP contribution in [0.3, 0.4) is 0 Å². The van der Waals surface area contributed by atoms with Gasteiger partial charge in [-0.3, -0.25) is 4.79 Å². The average Bonchev–Trinajstić information content (AvgIpc) is 3.27. The Morgan fingerprint density at radius 2 is 1.82 bits per heavy atom. The lowest BCUT2D eigenvalue weighted by molar-refractivity contribution is 0.365. The molecule has 0 saturated carbocycles. The van der Waals surface area contributed by atoms with E-state index in [2.05, 4.69) is 42.9 Å². The Morgan fingerprint density at radius 1 is 1.09 bits per heavy atom. The monoisotopic (exact) mass is 575 g/mol. The van der Waals surface area contributed by atoms with Crippen LogP contribution in [0.1, 0.15) is 5.56 Å². The van der Waals surface area contributed by atoms with Gasteiger partial charge in [-0.2, -0.15) is 9.78 Å². The number of hydrogen-bond acceptors (Lipinski definition) is 5. The van der Waals surface area contributed by atoms with Crippen molar-refractivity contribution in [1.29, 1.82) is 0 Å². The first-order valence-corrected chi connectivity index (χ1v) is 11.7. The molecule has 0 fully saturated rings. The molecule has 0 saturated heterocycles. The number of terminal acetylenes is 1. The second kappa shape index (κ2) is 9.29. The number of para-hydroxylation sites is 2. The van der Waals surface area contributed by atoms with E-state index < -0.39 is 0 Å². The maximum atomic E-state index is 13.4. The second-order valence-electron chi connectivity index (χ2n) is 7.27.